The van der Waals surface area contributed by atoms with Gasteiger partial charge >= 0.3 is 5.97 Å². The fourth-order valence-electron chi connectivity index (χ4n) is 3.33. The summed E-state index contributed by atoms with van der Waals surface area (Å²) in [5, 5.41) is 20.5. The van der Waals surface area contributed by atoms with Gasteiger partial charge in [-0.05, 0) is 36.8 Å². The van der Waals surface area contributed by atoms with Gasteiger partial charge in [0, 0.05) is 37.5 Å². The zero-order chi connectivity index (χ0) is 19.7. The standard InChI is InChI=1S/C22H18N2O2S2/c1-2-3-10-24-18-7-5-4-6-16(18)17-12-20(28-21(17)24)19-9-8-15(27-19)11-14(13-23)22(25)26/h4-9,11-12H,2-3,10H2,1H3,(H,25,26)/b14-11-. The monoisotopic (exact) mass is 406 g/mol. The number of unbranched alkanes of at least 4 members (excludes halogenated alkanes) is 1. The van der Waals surface area contributed by atoms with Crippen molar-refractivity contribution in [3.8, 4) is 15.8 Å². The van der Waals surface area contributed by atoms with Gasteiger partial charge in [-0.25, -0.2) is 4.79 Å². The van der Waals surface area contributed by atoms with Crippen LogP contribution in [0, 0.1) is 11.3 Å². The predicted octanol–water partition coefficient (Wildman–Crippen LogP) is 6.38. The molecule has 0 radical (unpaired) electrons. The Morgan fingerprint density at radius 3 is 2.75 bits per heavy atom. The third-order valence-corrected chi connectivity index (χ3v) is 7.07. The molecular formula is C22H18N2O2S2. The van der Waals surface area contributed by atoms with Crippen molar-refractivity contribution in [2.75, 3.05) is 0 Å². The highest BCUT2D eigenvalue weighted by molar-refractivity contribution is 7.26. The van der Waals surface area contributed by atoms with Crippen molar-refractivity contribution >= 4 is 55.8 Å². The number of fused-ring (bicyclic) bond motifs is 3. The van der Waals surface area contributed by atoms with Crippen molar-refractivity contribution in [3.63, 3.8) is 0 Å². The Labute approximate surface area is 170 Å². The summed E-state index contributed by atoms with van der Waals surface area (Å²) in [5.74, 6) is -1.20. The molecule has 0 bridgehead atoms. The molecule has 0 aliphatic rings. The van der Waals surface area contributed by atoms with E-state index in [2.05, 4.69) is 41.8 Å². The van der Waals surface area contributed by atoms with Crippen LogP contribution in [-0.4, -0.2) is 15.6 Å². The number of nitrogens with zero attached hydrogens (tertiary/aromatic N) is 2. The molecule has 1 aromatic carbocycles. The molecule has 0 spiro atoms. The number of nitriles is 1. The lowest BCUT2D eigenvalue weighted by molar-refractivity contribution is -0.132. The zero-order valence-electron chi connectivity index (χ0n) is 15.3. The van der Waals surface area contributed by atoms with Gasteiger partial charge in [-0.3, -0.25) is 0 Å². The molecule has 0 atom stereocenters. The van der Waals surface area contributed by atoms with Crippen LogP contribution in [0.2, 0.25) is 0 Å². The summed E-state index contributed by atoms with van der Waals surface area (Å²) in [6.45, 7) is 3.21. The normalized spacial score (nSPS) is 11.9. The Morgan fingerprint density at radius 2 is 2.00 bits per heavy atom. The second-order valence-electron chi connectivity index (χ2n) is 6.53. The van der Waals surface area contributed by atoms with E-state index in [1.54, 1.807) is 17.4 Å². The van der Waals surface area contributed by atoms with E-state index in [1.807, 2.05) is 12.1 Å². The number of hydrogen-bond donors (Lipinski definition) is 1. The number of carboxylic acid groups (broad SMARTS) is 1. The molecule has 0 aliphatic carbocycles. The van der Waals surface area contributed by atoms with Crippen molar-refractivity contribution in [1.82, 2.24) is 4.57 Å². The molecule has 0 fully saturated rings. The van der Waals surface area contributed by atoms with Crippen LogP contribution in [0.25, 0.3) is 36.9 Å². The fraction of sp³-hybridized carbons (Fsp3) is 0.182. The van der Waals surface area contributed by atoms with Crippen molar-refractivity contribution in [3.05, 3.63) is 52.9 Å². The van der Waals surface area contributed by atoms with Crippen LogP contribution < -0.4 is 0 Å². The molecule has 3 aromatic heterocycles. The van der Waals surface area contributed by atoms with Gasteiger partial charge in [0.1, 0.15) is 16.5 Å². The van der Waals surface area contributed by atoms with Gasteiger partial charge in [0.15, 0.2) is 0 Å². The average Bonchev–Trinajstić information content (AvgIpc) is 3.39. The minimum absolute atomic E-state index is 0.248. The molecule has 0 saturated carbocycles. The number of carbonyl (C=O) groups is 1. The maximum Gasteiger partial charge on any atom is 0.346 e. The Balaban J connectivity index is 1.79. The second kappa shape index (κ2) is 7.63. The lowest BCUT2D eigenvalue weighted by Gasteiger charge is -2.05. The maximum absolute atomic E-state index is 11.1. The number of aliphatic carboxylic acids is 1. The quantitative estimate of drug-likeness (QED) is 0.298. The van der Waals surface area contributed by atoms with Gasteiger partial charge < -0.3 is 9.67 Å². The average molecular weight is 407 g/mol. The van der Waals surface area contributed by atoms with E-state index in [0.29, 0.717) is 0 Å². The van der Waals surface area contributed by atoms with Gasteiger partial charge in [0.25, 0.3) is 0 Å². The number of para-hydroxylation sites is 1. The number of benzene rings is 1. The molecule has 4 rings (SSSR count). The van der Waals surface area contributed by atoms with Gasteiger partial charge in [-0.2, -0.15) is 5.26 Å². The van der Waals surface area contributed by atoms with Gasteiger partial charge in [0.05, 0.1) is 0 Å². The van der Waals surface area contributed by atoms with E-state index in [0.717, 1.165) is 29.1 Å². The zero-order valence-corrected chi connectivity index (χ0v) is 16.9. The fourth-order valence-corrected chi connectivity index (χ4v) is 5.57. The van der Waals surface area contributed by atoms with Crippen LogP contribution >= 0.6 is 22.7 Å². The first-order valence-electron chi connectivity index (χ1n) is 9.08. The second-order valence-corrected chi connectivity index (χ2v) is 8.67. The number of carboxylic acids is 1. The van der Waals surface area contributed by atoms with E-state index in [4.69, 9.17) is 10.4 Å². The lowest BCUT2D eigenvalue weighted by Crippen LogP contribution is -1.96. The van der Waals surface area contributed by atoms with Gasteiger partial charge in [0.2, 0.25) is 0 Å². The Bertz CT molecular complexity index is 1250. The summed E-state index contributed by atoms with van der Waals surface area (Å²) in [6, 6.07) is 16.3. The Hall–Kier alpha value is -2.88. The molecule has 4 aromatic rings. The number of hydrogen-bond acceptors (Lipinski definition) is 4. The number of rotatable bonds is 6. The highest BCUT2D eigenvalue weighted by Gasteiger charge is 2.16. The minimum atomic E-state index is -1.20. The van der Waals surface area contributed by atoms with E-state index in [9.17, 15) is 4.79 Å². The molecular weight excluding hydrogens is 388 g/mol. The summed E-state index contributed by atoms with van der Waals surface area (Å²) in [4.78, 5) is 15.4. The van der Waals surface area contributed by atoms with Crippen LogP contribution in [-0.2, 0) is 11.3 Å². The number of aromatic nitrogens is 1. The first kappa shape index (κ1) is 18.5. The number of thiophene rings is 2. The molecule has 1 N–H and O–H groups in total. The minimum Gasteiger partial charge on any atom is -0.477 e. The first-order chi connectivity index (χ1) is 13.6. The van der Waals surface area contributed by atoms with Crippen LogP contribution in [0.3, 0.4) is 0 Å². The predicted molar refractivity (Wildman–Crippen MR) is 117 cm³/mol. The van der Waals surface area contributed by atoms with Crippen LogP contribution in [0.15, 0.2) is 48.0 Å². The molecule has 6 heteroatoms. The Morgan fingerprint density at radius 1 is 1.18 bits per heavy atom. The van der Waals surface area contributed by atoms with Gasteiger partial charge in [-0.15, -0.1) is 22.7 Å². The van der Waals surface area contributed by atoms with E-state index in [1.165, 1.54) is 43.4 Å². The third kappa shape index (κ3) is 3.24. The van der Waals surface area contributed by atoms with Crippen LogP contribution in [0.1, 0.15) is 24.6 Å². The van der Waals surface area contributed by atoms with E-state index >= 15 is 0 Å². The molecule has 28 heavy (non-hydrogen) atoms. The van der Waals surface area contributed by atoms with Crippen molar-refractivity contribution in [1.29, 1.82) is 5.26 Å². The highest BCUT2D eigenvalue weighted by Crippen LogP contribution is 2.42. The number of aryl methyl sites for hydroxylation is 1. The smallest absolute Gasteiger partial charge is 0.346 e. The van der Waals surface area contributed by atoms with Crippen LogP contribution in [0.4, 0.5) is 0 Å². The van der Waals surface area contributed by atoms with Crippen molar-refractivity contribution in [2.24, 2.45) is 0 Å². The summed E-state index contributed by atoms with van der Waals surface area (Å²) in [5.41, 5.74) is 1.03. The summed E-state index contributed by atoms with van der Waals surface area (Å²) in [6.07, 6.45) is 3.72. The summed E-state index contributed by atoms with van der Waals surface area (Å²) < 4.78 is 2.41. The molecule has 4 nitrogen and oxygen atoms in total. The Kier molecular flexibility index (Phi) is 5.03. The first-order valence-corrected chi connectivity index (χ1v) is 10.7. The highest BCUT2D eigenvalue weighted by atomic mass is 32.1. The van der Waals surface area contributed by atoms with E-state index < -0.39 is 5.97 Å². The van der Waals surface area contributed by atoms with E-state index in [-0.39, 0.29) is 5.57 Å². The topological polar surface area (TPSA) is 66.0 Å². The largest absolute Gasteiger partial charge is 0.477 e. The molecule has 3 heterocycles. The molecule has 0 saturated heterocycles. The summed E-state index contributed by atoms with van der Waals surface area (Å²) in [7, 11) is 0. The maximum atomic E-state index is 11.1. The molecule has 0 unspecified atom stereocenters. The van der Waals surface area contributed by atoms with Crippen LogP contribution in [0.5, 0.6) is 0 Å². The molecule has 0 amide bonds. The van der Waals surface area contributed by atoms with Gasteiger partial charge in [-0.1, -0.05) is 31.5 Å². The van der Waals surface area contributed by atoms with Crippen molar-refractivity contribution < 1.29 is 9.90 Å². The lowest BCUT2D eigenvalue weighted by atomic mass is 10.2. The molecule has 0 aliphatic heterocycles. The SMILES string of the molecule is CCCCn1c2ccccc2c2cc(-c3ccc(/C=C(/C#N)C(=O)O)s3)sc21. The van der Waals surface area contributed by atoms with Crippen molar-refractivity contribution in [2.45, 2.75) is 26.3 Å². The molecule has 140 valence electrons. The third-order valence-electron chi connectivity index (χ3n) is 4.69. The summed E-state index contributed by atoms with van der Waals surface area (Å²) >= 11 is 3.27.